The average molecular weight is 926 g/mol. The summed E-state index contributed by atoms with van der Waals surface area (Å²) >= 11 is 5.79. The molecule has 0 aromatic heterocycles. The van der Waals surface area contributed by atoms with Crippen LogP contribution >= 0.6 is 11.6 Å². The molecule has 0 atom stereocenters. The number of nitrogens with two attached hydrogens (primary N) is 2. The standard InChI is InChI=1S/C17H17FN2O3.C15H20ClNO4.C15H21FN2O3/c18-12-6-9-15(19)14(10-12)17(23)20-13-7-4-11(5-8-13)2-1-3-16(21)22;16-11-8-9-13(18)12(10-11)17-14(19)6-4-2-1-3-5-7-15(20)21;16-11-7-8-13(17)12(10-11)15(21)18-9-5-3-1-2-4-6-14(19)20/h4-10H,1-3,19H2,(H,20,23)(H,21,22);8-10,18H,1-7H2,(H,17,19)(H,20,21);7-8,10H,1-6,9,17H2,(H,18,21)(H,19,20). The summed E-state index contributed by atoms with van der Waals surface area (Å²) in [5, 5.41) is 43.6. The van der Waals surface area contributed by atoms with Crippen LogP contribution in [0.1, 0.15) is 123 Å². The van der Waals surface area contributed by atoms with E-state index in [1.807, 2.05) is 12.1 Å². The van der Waals surface area contributed by atoms with E-state index in [0.29, 0.717) is 55.0 Å². The molecule has 65 heavy (non-hydrogen) atoms. The molecule has 0 bridgehead atoms. The van der Waals surface area contributed by atoms with Crippen molar-refractivity contribution in [2.45, 2.75) is 103 Å². The first kappa shape index (κ1) is 54.4. The molecule has 0 unspecified atom stereocenters. The van der Waals surface area contributed by atoms with Crippen LogP contribution in [0.3, 0.4) is 0 Å². The number of unbranched alkanes of at least 4 members (excludes halogenated alkanes) is 8. The molecule has 352 valence electrons. The highest BCUT2D eigenvalue weighted by Gasteiger charge is 2.13. The van der Waals surface area contributed by atoms with Gasteiger partial charge in [-0.25, -0.2) is 8.78 Å². The molecule has 15 nitrogen and oxygen atoms in total. The lowest BCUT2D eigenvalue weighted by Crippen LogP contribution is -2.25. The van der Waals surface area contributed by atoms with Gasteiger partial charge >= 0.3 is 17.9 Å². The van der Waals surface area contributed by atoms with Gasteiger partial charge in [0.1, 0.15) is 17.4 Å². The number of nitrogen functional groups attached to an aromatic ring is 2. The Bertz CT molecular complexity index is 2180. The number of phenols is 1. The van der Waals surface area contributed by atoms with Crippen molar-refractivity contribution in [3.8, 4) is 5.75 Å². The van der Waals surface area contributed by atoms with Crippen molar-refractivity contribution >= 4 is 70.0 Å². The Balaban J connectivity index is 0.000000336. The Hall–Kier alpha value is -6.75. The van der Waals surface area contributed by atoms with Crippen LogP contribution < -0.4 is 27.4 Å². The van der Waals surface area contributed by atoms with Gasteiger partial charge in [0.25, 0.3) is 11.8 Å². The Morgan fingerprint density at radius 2 is 1.02 bits per heavy atom. The minimum atomic E-state index is -0.818. The Labute approximate surface area is 381 Å². The van der Waals surface area contributed by atoms with Crippen LogP contribution in [0.5, 0.6) is 5.75 Å². The summed E-state index contributed by atoms with van der Waals surface area (Å²) < 4.78 is 26.2. The number of carbonyl (C=O) groups excluding carboxylic acids is 3. The van der Waals surface area contributed by atoms with E-state index < -0.39 is 35.4 Å². The van der Waals surface area contributed by atoms with E-state index in [-0.39, 0.29) is 59.3 Å². The minimum absolute atomic E-state index is 0.0126. The van der Waals surface area contributed by atoms with Crippen molar-refractivity contribution in [2.24, 2.45) is 0 Å². The Kier molecular flexibility index (Phi) is 25.4. The molecule has 0 aliphatic heterocycles. The van der Waals surface area contributed by atoms with Crippen molar-refractivity contribution in [1.29, 1.82) is 0 Å². The van der Waals surface area contributed by atoms with Crippen molar-refractivity contribution in [3.63, 3.8) is 0 Å². The molecule has 0 heterocycles. The third kappa shape index (κ3) is 24.0. The number of carboxylic acids is 3. The lowest BCUT2D eigenvalue weighted by Gasteiger charge is -2.08. The summed E-state index contributed by atoms with van der Waals surface area (Å²) in [7, 11) is 0. The number of aryl methyl sites for hydroxylation is 1. The maximum Gasteiger partial charge on any atom is 0.303 e. The van der Waals surface area contributed by atoms with Gasteiger partial charge in [0.2, 0.25) is 5.91 Å². The SMILES string of the molecule is Nc1ccc(F)cc1C(=O)NCCCCCCCC(=O)O.Nc1ccc(F)cc1C(=O)Nc1ccc(CCCC(=O)O)cc1.O=C(O)CCCCCCCC(=O)Nc1cc(Cl)ccc1O. The molecule has 0 spiro atoms. The van der Waals surface area contributed by atoms with Crippen LogP contribution in [0.2, 0.25) is 5.02 Å². The third-order valence-corrected chi connectivity index (χ3v) is 9.70. The molecule has 4 aromatic rings. The molecule has 11 N–H and O–H groups in total. The second-order valence-corrected chi connectivity index (χ2v) is 15.3. The number of rotatable bonds is 24. The smallest absolute Gasteiger partial charge is 0.303 e. The van der Waals surface area contributed by atoms with E-state index in [2.05, 4.69) is 16.0 Å². The maximum absolute atomic E-state index is 13.2. The molecule has 0 aliphatic carbocycles. The van der Waals surface area contributed by atoms with E-state index >= 15 is 0 Å². The minimum Gasteiger partial charge on any atom is -0.506 e. The molecule has 18 heteroatoms. The molecular weight excluding hydrogens is 868 g/mol. The topological polar surface area (TPSA) is 271 Å². The number of phenolic OH excluding ortho intramolecular Hbond substituents is 1. The summed E-state index contributed by atoms with van der Waals surface area (Å²) in [6.45, 7) is 0.494. The van der Waals surface area contributed by atoms with Crippen LogP contribution in [0.4, 0.5) is 31.5 Å². The van der Waals surface area contributed by atoms with Crippen LogP contribution in [0.15, 0.2) is 78.9 Å². The molecule has 0 radical (unpaired) electrons. The van der Waals surface area contributed by atoms with Crippen LogP contribution in [0.25, 0.3) is 0 Å². The zero-order chi connectivity index (χ0) is 48.1. The molecular formula is C47H58ClF2N5O10. The van der Waals surface area contributed by atoms with E-state index in [4.69, 9.17) is 38.4 Å². The number of nitrogens with one attached hydrogen (secondary N) is 3. The first-order chi connectivity index (χ1) is 30.9. The lowest BCUT2D eigenvalue weighted by molar-refractivity contribution is -0.138. The fourth-order valence-electron chi connectivity index (χ4n) is 5.99. The molecule has 0 fully saturated rings. The van der Waals surface area contributed by atoms with Gasteiger partial charge < -0.3 is 47.8 Å². The molecule has 4 aromatic carbocycles. The fourth-order valence-corrected chi connectivity index (χ4v) is 6.16. The lowest BCUT2D eigenvalue weighted by atomic mass is 10.1. The summed E-state index contributed by atoms with van der Waals surface area (Å²) in [6, 6.07) is 18.8. The first-order valence-electron chi connectivity index (χ1n) is 21.2. The zero-order valence-electron chi connectivity index (χ0n) is 36.1. The molecule has 0 aliphatic rings. The summed E-state index contributed by atoms with van der Waals surface area (Å²) in [4.78, 5) is 66.7. The van der Waals surface area contributed by atoms with Gasteiger partial charge in [-0.1, -0.05) is 62.3 Å². The van der Waals surface area contributed by atoms with Crippen LogP contribution in [-0.4, -0.2) is 62.6 Å². The zero-order valence-corrected chi connectivity index (χ0v) is 36.8. The first-order valence-corrected chi connectivity index (χ1v) is 21.5. The summed E-state index contributed by atoms with van der Waals surface area (Å²) in [5.74, 6) is -4.42. The number of carbonyl (C=O) groups is 6. The normalized spacial score (nSPS) is 10.3. The van der Waals surface area contributed by atoms with E-state index in [1.54, 1.807) is 18.2 Å². The largest absolute Gasteiger partial charge is 0.506 e. The summed E-state index contributed by atoms with van der Waals surface area (Å²) in [6.07, 6.45) is 10.4. The van der Waals surface area contributed by atoms with E-state index in [1.165, 1.54) is 36.4 Å². The van der Waals surface area contributed by atoms with E-state index in [0.717, 1.165) is 69.1 Å². The quantitative estimate of drug-likeness (QED) is 0.0181. The van der Waals surface area contributed by atoms with Crippen molar-refractivity contribution in [1.82, 2.24) is 5.32 Å². The van der Waals surface area contributed by atoms with E-state index in [9.17, 15) is 42.7 Å². The van der Waals surface area contributed by atoms with Gasteiger partial charge in [-0.3, -0.25) is 28.8 Å². The highest BCUT2D eigenvalue weighted by Crippen LogP contribution is 2.27. The maximum atomic E-state index is 13.2. The number of amides is 3. The molecule has 3 amide bonds. The van der Waals surface area contributed by atoms with Gasteiger partial charge in [0, 0.05) is 54.3 Å². The van der Waals surface area contributed by atoms with Gasteiger partial charge in [0.05, 0.1) is 16.8 Å². The molecule has 4 rings (SSSR count). The summed E-state index contributed by atoms with van der Waals surface area (Å²) in [5.41, 5.74) is 13.8. The third-order valence-electron chi connectivity index (χ3n) is 9.47. The highest BCUT2D eigenvalue weighted by atomic mass is 35.5. The predicted molar refractivity (Wildman–Crippen MR) is 246 cm³/mol. The predicted octanol–water partition coefficient (Wildman–Crippen LogP) is 9.43. The molecule has 0 saturated carbocycles. The van der Waals surface area contributed by atoms with Gasteiger partial charge in [-0.2, -0.15) is 0 Å². The Morgan fingerprint density at radius 3 is 1.55 bits per heavy atom. The van der Waals surface area contributed by atoms with Gasteiger partial charge in [-0.05, 0) is 111 Å². The number of hydrogen-bond acceptors (Lipinski definition) is 9. The van der Waals surface area contributed by atoms with Crippen molar-refractivity contribution in [3.05, 3.63) is 112 Å². The fraction of sp³-hybridized carbons (Fsp3) is 0.362. The second-order valence-electron chi connectivity index (χ2n) is 14.9. The second kappa shape index (κ2) is 30.4. The number of anilines is 4. The monoisotopic (exact) mass is 925 g/mol. The number of aliphatic carboxylic acids is 3. The number of halogens is 3. The van der Waals surface area contributed by atoms with Crippen molar-refractivity contribution < 1.29 is 58.0 Å². The molecule has 0 saturated heterocycles. The number of carboxylic acid groups (broad SMARTS) is 3. The van der Waals surface area contributed by atoms with Gasteiger partial charge in [-0.15, -0.1) is 0 Å². The van der Waals surface area contributed by atoms with Crippen LogP contribution in [-0.2, 0) is 25.6 Å². The number of hydrogen-bond donors (Lipinski definition) is 9. The highest BCUT2D eigenvalue weighted by molar-refractivity contribution is 6.31. The number of benzene rings is 4. The van der Waals surface area contributed by atoms with Crippen LogP contribution in [0, 0.1) is 11.6 Å². The average Bonchev–Trinajstić information content (AvgIpc) is 3.25. The number of aromatic hydroxyl groups is 1. The Morgan fingerprint density at radius 1 is 0.538 bits per heavy atom. The van der Waals surface area contributed by atoms with Gasteiger partial charge in [0.15, 0.2) is 0 Å². The van der Waals surface area contributed by atoms with Crippen molar-refractivity contribution in [2.75, 3.05) is 28.6 Å².